The smallest absolute Gasteiger partial charge is 0.259 e. The number of nitrogens with zero attached hydrogens (tertiary/aromatic N) is 2. The molecule has 0 saturated heterocycles. The number of nitrogens with one attached hydrogen (secondary N) is 1. The van der Waals surface area contributed by atoms with Gasteiger partial charge in [-0.15, -0.1) is 0 Å². The number of rotatable bonds is 5. The summed E-state index contributed by atoms with van der Waals surface area (Å²) in [4.78, 5) is 12.6. The van der Waals surface area contributed by atoms with E-state index in [-0.39, 0.29) is 11.7 Å². The van der Waals surface area contributed by atoms with Gasteiger partial charge in [0.25, 0.3) is 5.91 Å². The van der Waals surface area contributed by atoms with Gasteiger partial charge in [-0.05, 0) is 42.8 Å². The highest BCUT2D eigenvalue weighted by atomic mass is 19.1. The molecule has 0 aliphatic heterocycles. The van der Waals surface area contributed by atoms with Crippen LogP contribution in [0.1, 0.15) is 23.0 Å². The third-order valence-corrected chi connectivity index (χ3v) is 3.85. The summed E-state index contributed by atoms with van der Waals surface area (Å²) in [5.74, 6) is 0.0962. The first-order valence-corrected chi connectivity index (χ1v) is 7.90. The summed E-state index contributed by atoms with van der Waals surface area (Å²) in [7, 11) is 1.57. The molecule has 0 atom stereocenters. The number of hydrogen-bond donors (Lipinski definition) is 1. The molecule has 2 aromatic carbocycles. The van der Waals surface area contributed by atoms with Crippen molar-refractivity contribution in [1.82, 2.24) is 9.78 Å². The first-order chi connectivity index (χ1) is 12.1. The van der Waals surface area contributed by atoms with E-state index < -0.39 is 0 Å². The molecule has 1 amide bonds. The Balaban J connectivity index is 1.89. The van der Waals surface area contributed by atoms with Gasteiger partial charge >= 0.3 is 0 Å². The van der Waals surface area contributed by atoms with Crippen LogP contribution in [0.2, 0.25) is 0 Å². The molecule has 0 aliphatic carbocycles. The molecule has 0 radical (unpaired) electrons. The molecule has 6 heteroatoms. The highest BCUT2D eigenvalue weighted by Gasteiger charge is 2.17. The van der Waals surface area contributed by atoms with Gasteiger partial charge in [0, 0.05) is 11.8 Å². The Hall–Kier alpha value is -3.15. The van der Waals surface area contributed by atoms with Gasteiger partial charge in [-0.3, -0.25) is 4.79 Å². The second-order valence-corrected chi connectivity index (χ2v) is 5.43. The molecule has 0 saturated carbocycles. The van der Waals surface area contributed by atoms with Gasteiger partial charge in [-0.1, -0.05) is 13.0 Å². The van der Waals surface area contributed by atoms with Crippen LogP contribution in [-0.2, 0) is 6.42 Å². The summed E-state index contributed by atoms with van der Waals surface area (Å²) in [6.45, 7) is 1.94. The lowest BCUT2D eigenvalue weighted by atomic mass is 10.1. The summed E-state index contributed by atoms with van der Waals surface area (Å²) < 4.78 is 19.9. The molecule has 5 nitrogen and oxygen atoms in total. The molecule has 1 heterocycles. The Bertz CT molecular complexity index is 888. The first-order valence-electron chi connectivity index (χ1n) is 7.90. The van der Waals surface area contributed by atoms with E-state index in [1.807, 2.05) is 6.92 Å². The van der Waals surface area contributed by atoms with Gasteiger partial charge in [0.05, 0.1) is 30.3 Å². The maximum Gasteiger partial charge on any atom is 0.259 e. The predicted molar refractivity (Wildman–Crippen MR) is 93.8 cm³/mol. The highest BCUT2D eigenvalue weighted by molar-refractivity contribution is 6.05. The zero-order chi connectivity index (χ0) is 17.8. The molecule has 0 unspecified atom stereocenters. The fourth-order valence-electron chi connectivity index (χ4n) is 2.61. The van der Waals surface area contributed by atoms with Gasteiger partial charge in [0.15, 0.2) is 0 Å². The van der Waals surface area contributed by atoms with Crippen LogP contribution in [0.3, 0.4) is 0 Å². The Morgan fingerprint density at radius 2 is 2.00 bits per heavy atom. The van der Waals surface area contributed by atoms with Gasteiger partial charge in [-0.2, -0.15) is 5.10 Å². The van der Waals surface area contributed by atoms with Crippen molar-refractivity contribution in [2.75, 3.05) is 12.4 Å². The number of methoxy groups -OCH3 is 1. The van der Waals surface area contributed by atoms with Gasteiger partial charge in [0.1, 0.15) is 11.6 Å². The normalized spacial score (nSPS) is 10.5. The number of carbonyl (C=O) groups excluding carboxylic acids is 1. The third-order valence-electron chi connectivity index (χ3n) is 3.85. The number of benzene rings is 2. The molecule has 0 fully saturated rings. The number of halogens is 1. The van der Waals surface area contributed by atoms with Crippen LogP contribution < -0.4 is 10.1 Å². The van der Waals surface area contributed by atoms with Crippen molar-refractivity contribution in [2.24, 2.45) is 0 Å². The number of ether oxygens (including phenoxy) is 1. The maximum absolute atomic E-state index is 13.1. The topological polar surface area (TPSA) is 56.1 Å². The molecule has 3 aromatic rings. The summed E-state index contributed by atoms with van der Waals surface area (Å²) in [5, 5.41) is 7.14. The molecule has 0 bridgehead atoms. The minimum atomic E-state index is -0.315. The van der Waals surface area contributed by atoms with Crippen molar-refractivity contribution in [3.05, 3.63) is 71.8 Å². The number of hydrogen-bond acceptors (Lipinski definition) is 3. The molecular weight excluding hydrogens is 321 g/mol. The van der Waals surface area contributed by atoms with Crippen LogP contribution in [0.25, 0.3) is 5.69 Å². The van der Waals surface area contributed by atoms with Crippen molar-refractivity contribution in [1.29, 1.82) is 0 Å². The van der Waals surface area contributed by atoms with E-state index in [2.05, 4.69) is 10.4 Å². The van der Waals surface area contributed by atoms with Crippen molar-refractivity contribution in [2.45, 2.75) is 13.3 Å². The van der Waals surface area contributed by atoms with E-state index in [4.69, 9.17) is 4.74 Å². The Morgan fingerprint density at radius 1 is 1.24 bits per heavy atom. The van der Waals surface area contributed by atoms with Gasteiger partial charge < -0.3 is 10.1 Å². The van der Waals surface area contributed by atoms with E-state index >= 15 is 0 Å². The molecule has 0 spiro atoms. The van der Waals surface area contributed by atoms with E-state index in [0.29, 0.717) is 29.1 Å². The van der Waals surface area contributed by atoms with E-state index in [0.717, 1.165) is 5.69 Å². The lowest BCUT2D eigenvalue weighted by Crippen LogP contribution is -2.14. The number of amides is 1. The second kappa shape index (κ2) is 7.17. The van der Waals surface area contributed by atoms with E-state index in [1.54, 1.807) is 48.2 Å². The molecule has 1 N–H and O–H groups in total. The van der Waals surface area contributed by atoms with E-state index in [9.17, 15) is 9.18 Å². The fraction of sp³-hybridized carbons (Fsp3) is 0.158. The molecule has 128 valence electrons. The van der Waals surface area contributed by atoms with Crippen molar-refractivity contribution >= 4 is 11.6 Å². The third kappa shape index (κ3) is 3.52. The Morgan fingerprint density at radius 3 is 2.68 bits per heavy atom. The summed E-state index contributed by atoms with van der Waals surface area (Å²) in [6.07, 6.45) is 2.13. The molecular formula is C19H18FN3O2. The maximum atomic E-state index is 13.1. The average molecular weight is 339 g/mol. The lowest BCUT2D eigenvalue weighted by molar-refractivity contribution is 0.102. The summed E-state index contributed by atoms with van der Waals surface area (Å²) >= 11 is 0. The molecule has 0 aliphatic rings. The van der Waals surface area contributed by atoms with Crippen LogP contribution in [0.5, 0.6) is 5.75 Å². The van der Waals surface area contributed by atoms with Crippen LogP contribution in [0.4, 0.5) is 10.1 Å². The van der Waals surface area contributed by atoms with Crippen LogP contribution >= 0.6 is 0 Å². The van der Waals surface area contributed by atoms with Gasteiger partial charge in [0.2, 0.25) is 0 Å². The van der Waals surface area contributed by atoms with E-state index in [1.165, 1.54) is 18.3 Å². The molecule has 3 rings (SSSR count). The molecule has 1 aromatic heterocycles. The van der Waals surface area contributed by atoms with Crippen molar-refractivity contribution < 1.29 is 13.9 Å². The van der Waals surface area contributed by atoms with Crippen molar-refractivity contribution in [3.63, 3.8) is 0 Å². The Kier molecular flexibility index (Phi) is 4.79. The lowest BCUT2D eigenvalue weighted by Gasteiger charge is -2.09. The fourth-order valence-corrected chi connectivity index (χ4v) is 2.61. The quantitative estimate of drug-likeness (QED) is 0.768. The average Bonchev–Trinajstić information content (AvgIpc) is 3.06. The zero-order valence-corrected chi connectivity index (χ0v) is 14.0. The van der Waals surface area contributed by atoms with Crippen LogP contribution in [-0.4, -0.2) is 22.8 Å². The highest BCUT2D eigenvalue weighted by Crippen LogP contribution is 2.20. The number of aromatic nitrogens is 2. The van der Waals surface area contributed by atoms with Crippen LogP contribution in [0, 0.1) is 5.82 Å². The first kappa shape index (κ1) is 16.7. The summed E-state index contributed by atoms with van der Waals surface area (Å²) in [6, 6.07) is 13.1. The minimum absolute atomic E-state index is 0.251. The minimum Gasteiger partial charge on any atom is -0.497 e. The SMILES string of the molecule is CCc1c(C(=O)Nc2cccc(OC)c2)cnn1-c1ccc(F)cc1. The van der Waals surface area contributed by atoms with Crippen molar-refractivity contribution in [3.8, 4) is 11.4 Å². The number of carbonyl (C=O) groups is 1. The Labute approximate surface area is 145 Å². The monoisotopic (exact) mass is 339 g/mol. The summed E-state index contributed by atoms with van der Waals surface area (Å²) in [5.41, 5.74) is 2.58. The predicted octanol–water partition coefficient (Wildman–Crippen LogP) is 3.83. The zero-order valence-electron chi connectivity index (χ0n) is 14.0. The second-order valence-electron chi connectivity index (χ2n) is 5.43. The van der Waals surface area contributed by atoms with Crippen LogP contribution in [0.15, 0.2) is 54.7 Å². The standard InChI is InChI=1S/C19H18FN3O2/c1-3-18-17(12-21-23(18)15-9-7-13(20)8-10-15)19(24)22-14-5-4-6-16(11-14)25-2/h4-12H,3H2,1-2H3,(H,22,24). The largest absolute Gasteiger partial charge is 0.497 e. The molecule has 25 heavy (non-hydrogen) atoms. The number of anilines is 1. The van der Waals surface area contributed by atoms with Gasteiger partial charge in [-0.25, -0.2) is 9.07 Å².